The van der Waals surface area contributed by atoms with Gasteiger partial charge in [0.1, 0.15) is 6.10 Å². The van der Waals surface area contributed by atoms with E-state index in [4.69, 9.17) is 9.47 Å². The molecule has 0 bridgehead atoms. The third-order valence-electron chi connectivity index (χ3n) is 4.50. The molecule has 1 saturated carbocycles. The highest BCUT2D eigenvalue weighted by atomic mass is 19.4. The second-order valence-electron chi connectivity index (χ2n) is 5.91. The van der Waals surface area contributed by atoms with Crippen LogP contribution in [-0.4, -0.2) is 25.3 Å². The first kappa shape index (κ1) is 15.3. The molecule has 2 fully saturated rings. The molecule has 1 heterocycles. The summed E-state index contributed by atoms with van der Waals surface area (Å²) in [5.74, 6) is -0.423. The Balaban J connectivity index is 1.84. The number of halogens is 3. The van der Waals surface area contributed by atoms with Crippen molar-refractivity contribution in [1.82, 2.24) is 0 Å². The minimum Gasteiger partial charge on any atom is -0.459 e. The second-order valence-corrected chi connectivity index (χ2v) is 5.91. The summed E-state index contributed by atoms with van der Waals surface area (Å²) in [5.41, 5.74) is -1.25. The molecule has 3 nitrogen and oxygen atoms in total. The minimum absolute atomic E-state index is 0.282. The third-order valence-corrected chi connectivity index (χ3v) is 4.50. The summed E-state index contributed by atoms with van der Waals surface area (Å²) in [6.07, 6.45) is -2.18. The van der Waals surface area contributed by atoms with Crippen LogP contribution in [0, 0.1) is 0 Å². The Morgan fingerprint density at radius 2 is 2.09 bits per heavy atom. The van der Waals surface area contributed by atoms with Crippen LogP contribution < -0.4 is 0 Å². The van der Waals surface area contributed by atoms with Gasteiger partial charge in [-0.1, -0.05) is 24.6 Å². The molecule has 0 amide bonds. The summed E-state index contributed by atoms with van der Waals surface area (Å²) in [6, 6.07) is 5.03. The zero-order chi connectivity index (χ0) is 15.8. The van der Waals surface area contributed by atoms with Gasteiger partial charge in [-0.2, -0.15) is 13.2 Å². The van der Waals surface area contributed by atoms with Crippen LogP contribution in [0.15, 0.2) is 24.3 Å². The lowest BCUT2D eigenvalue weighted by Gasteiger charge is -2.40. The lowest BCUT2D eigenvalue weighted by atomic mass is 9.64. The SMILES string of the molecule is O=C(OC1CCOC1)C1(c2cccc(C(F)(F)F)c2)CCC1. The molecule has 3 rings (SSSR count). The fraction of sp³-hybridized carbons (Fsp3) is 0.562. The Kier molecular flexibility index (Phi) is 3.89. The molecule has 1 atom stereocenters. The van der Waals surface area contributed by atoms with E-state index in [2.05, 4.69) is 0 Å². The van der Waals surface area contributed by atoms with E-state index in [0.29, 0.717) is 38.0 Å². The highest BCUT2D eigenvalue weighted by Gasteiger charge is 2.48. The molecule has 1 unspecified atom stereocenters. The van der Waals surface area contributed by atoms with Gasteiger partial charge in [0.15, 0.2) is 0 Å². The number of hydrogen-bond acceptors (Lipinski definition) is 3. The monoisotopic (exact) mass is 314 g/mol. The highest BCUT2D eigenvalue weighted by molar-refractivity contribution is 5.84. The van der Waals surface area contributed by atoms with Crippen LogP contribution in [0.1, 0.15) is 36.8 Å². The average molecular weight is 314 g/mol. The van der Waals surface area contributed by atoms with E-state index < -0.39 is 23.1 Å². The predicted octanol–water partition coefficient (Wildman–Crippen LogP) is 3.46. The molecular weight excluding hydrogens is 297 g/mol. The molecular formula is C16H17F3O3. The standard InChI is InChI=1S/C16H17F3O3/c17-16(18,19)12-4-1-3-11(9-12)15(6-2-7-15)14(20)22-13-5-8-21-10-13/h1,3-4,9,13H,2,5-8,10H2. The van der Waals surface area contributed by atoms with Crippen molar-refractivity contribution in [3.05, 3.63) is 35.4 Å². The molecule has 1 aliphatic carbocycles. The summed E-state index contributed by atoms with van der Waals surface area (Å²) in [6.45, 7) is 0.916. The third kappa shape index (κ3) is 2.72. The summed E-state index contributed by atoms with van der Waals surface area (Å²) < 4.78 is 49.2. The van der Waals surface area contributed by atoms with Crippen molar-refractivity contribution in [1.29, 1.82) is 0 Å². The number of esters is 1. The van der Waals surface area contributed by atoms with Crippen LogP contribution in [0.3, 0.4) is 0 Å². The van der Waals surface area contributed by atoms with Crippen LogP contribution in [0.25, 0.3) is 0 Å². The Morgan fingerprint density at radius 3 is 2.64 bits per heavy atom. The van der Waals surface area contributed by atoms with Gasteiger partial charge in [0.2, 0.25) is 0 Å². The molecule has 6 heteroatoms. The molecule has 1 aromatic carbocycles. The molecule has 22 heavy (non-hydrogen) atoms. The first-order valence-electron chi connectivity index (χ1n) is 7.38. The van der Waals surface area contributed by atoms with Crippen molar-refractivity contribution < 1.29 is 27.4 Å². The Morgan fingerprint density at radius 1 is 1.32 bits per heavy atom. The van der Waals surface area contributed by atoms with Crippen molar-refractivity contribution in [2.45, 2.75) is 43.4 Å². The second kappa shape index (κ2) is 5.57. The maximum Gasteiger partial charge on any atom is 0.416 e. The number of carbonyl (C=O) groups is 1. The molecule has 0 N–H and O–H groups in total. The highest BCUT2D eigenvalue weighted by Crippen LogP contribution is 2.46. The van der Waals surface area contributed by atoms with E-state index >= 15 is 0 Å². The number of hydrogen-bond donors (Lipinski definition) is 0. The molecule has 1 saturated heterocycles. The van der Waals surface area contributed by atoms with E-state index in [-0.39, 0.29) is 6.10 Å². The van der Waals surface area contributed by atoms with E-state index in [9.17, 15) is 18.0 Å². The summed E-state index contributed by atoms with van der Waals surface area (Å²) >= 11 is 0. The van der Waals surface area contributed by atoms with Gasteiger partial charge in [-0.3, -0.25) is 4.79 Å². The van der Waals surface area contributed by atoms with Crippen LogP contribution in [0.2, 0.25) is 0 Å². The Hall–Kier alpha value is -1.56. The van der Waals surface area contributed by atoms with Gasteiger partial charge >= 0.3 is 12.1 Å². The van der Waals surface area contributed by atoms with Crippen molar-refractivity contribution in [3.63, 3.8) is 0 Å². The number of alkyl halides is 3. The van der Waals surface area contributed by atoms with Crippen LogP contribution >= 0.6 is 0 Å². The first-order chi connectivity index (χ1) is 10.4. The topological polar surface area (TPSA) is 35.5 Å². The fourth-order valence-corrected chi connectivity index (χ4v) is 3.00. The molecule has 0 aromatic heterocycles. The molecule has 120 valence electrons. The average Bonchev–Trinajstić information content (AvgIpc) is 2.89. The lowest BCUT2D eigenvalue weighted by Crippen LogP contribution is -2.45. The maximum absolute atomic E-state index is 12.9. The van der Waals surface area contributed by atoms with Gasteiger partial charge in [0, 0.05) is 6.42 Å². The summed E-state index contributed by atoms with van der Waals surface area (Å²) in [5, 5.41) is 0. The lowest BCUT2D eigenvalue weighted by molar-refractivity contribution is -0.160. The Labute approximate surface area is 126 Å². The number of carbonyl (C=O) groups excluding carboxylic acids is 1. The summed E-state index contributed by atoms with van der Waals surface area (Å²) in [7, 11) is 0. The van der Waals surface area contributed by atoms with Crippen LogP contribution in [0.5, 0.6) is 0 Å². The van der Waals surface area contributed by atoms with Gasteiger partial charge in [0.05, 0.1) is 24.2 Å². The zero-order valence-electron chi connectivity index (χ0n) is 12.0. The van der Waals surface area contributed by atoms with Gasteiger partial charge in [0.25, 0.3) is 0 Å². The molecule has 1 aliphatic heterocycles. The smallest absolute Gasteiger partial charge is 0.416 e. The summed E-state index contributed by atoms with van der Waals surface area (Å²) in [4.78, 5) is 12.5. The molecule has 0 spiro atoms. The Bertz CT molecular complexity index is 558. The van der Waals surface area contributed by atoms with E-state index in [1.165, 1.54) is 6.07 Å². The maximum atomic E-state index is 12.9. The quantitative estimate of drug-likeness (QED) is 0.802. The molecule has 0 radical (unpaired) electrons. The van der Waals surface area contributed by atoms with E-state index in [0.717, 1.165) is 18.6 Å². The number of ether oxygens (including phenoxy) is 2. The normalized spacial score (nSPS) is 23.9. The van der Waals surface area contributed by atoms with Gasteiger partial charge in [-0.15, -0.1) is 0 Å². The predicted molar refractivity (Wildman–Crippen MR) is 72.3 cm³/mol. The van der Waals surface area contributed by atoms with Gasteiger partial charge in [-0.25, -0.2) is 0 Å². The van der Waals surface area contributed by atoms with Crippen molar-refractivity contribution in [3.8, 4) is 0 Å². The van der Waals surface area contributed by atoms with E-state index in [1.54, 1.807) is 6.07 Å². The number of benzene rings is 1. The molecule has 2 aliphatic rings. The zero-order valence-corrected chi connectivity index (χ0v) is 12.0. The van der Waals surface area contributed by atoms with Gasteiger partial charge < -0.3 is 9.47 Å². The van der Waals surface area contributed by atoms with E-state index in [1.807, 2.05) is 0 Å². The van der Waals surface area contributed by atoms with Gasteiger partial charge in [-0.05, 0) is 24.5 Å². The first-order valence-corrected chi connectivity index (χ1v) is 7.38. The van der Waals surface area contributed by atoms with Crippen LogP contribution in [-0.2, 0) is 25.9 Å². The number of rotatable bonds is 3. The largest absolute Gasteiger partial charge is 0.459 e. The van der Waals surface area contributed by atoms with Crippen molar-refractivity contribution >= 4 is 5.97 Å². The fourth-order valence-electron chi connectivity index (χ4n) is 3.00. The molecule has 1 aromatic rings. The minimum atomic E-state index is -4.41. The van der Waals surface area contributed by atoms with Crippen LogP contribution in [0.4, 0.5) is 13.2 Å². The van der Waals surface area contributed by atoms with Crippen molar-refractivity contribution in [2.75, 3.05) is 13.2 Å². The van der Waals surface area contributed by atoms with Crippen molar-refractivity contribution in [2.24, 2.45) is 0 Å².